The predicted octanol–water partition coefficient (Wildman–Crippen LogP) is 8.75. The Kier molecular flexibility index (Phi) is 19.1. The summed E-state index contributed by atoms with van der Waals surface area (Å²) >= 11 is 0. The molecular weight excluding hydrogens is 1030 g/mol. The molecule has 0 saturated carbocycles. The summed E-state index contributed by atoms with van der Waals surface area (Å²) in [5.41, 5.74) is -1.67. The number of anilines is 2. The fourth-order valence-corrected chi connectivity index (χ4v) is 9.08. The molecule has 23 heteroatoms. The van der Waals surface area contributed by atoms with Gasteiger partial charge in [0.05, 0.1) is 82.2 Å². The summed E-state index contributed by atoms with van der Waals surface area (Å²) in [6.45, 7) is 5.46. The number of hydrogen-bond acceptors (Lipinski definition) is 11. The Hall–Kier alpha value is -8.70. The topological polar surface area (TPSA) is 209 Å². The molecule has 410 valence electrons. The highest BCUT2D eigenvalue weighted by Gasteiger charge is 2.46. The lowest BCUT2D eigenvalue weighted by atomic mass is 9.92. The van der Waals surface area contributed by atoms with Crippen LogP contribution in [0.25, 0.3) is 0 Å². The number of hydrogen-bond donors (Lipinski definition) is 2. The number of carbonyl (C=O) groups is 6. The minimum absolute atomic E-state index is 0.0299. The third kappa shape index (κ3) is 13.6. The van der Waals surface area contributed by atoms with E-state index in [0.717, 1.165) is 56.0 Å². The number of nitrogens with zero attached hydrogens (tertiary/aromatic N) is 7. The number of nitriles is 2. The highest BCUT2D eigenvalue weighted by atomic mass is 19.4. The molecular formula is C55H55F6N9O8. The number of benzene rings is 4. The van der Waals surface area contributed by atoms with Gasteiger partial charge in [0.2, 0.25) is 11.8 Å². The molecule has 2 aliphatic rings. The second-order valence-corrected chi connectivity index (χ2v) is 18.0. The van der Waals surface area contributed by atoms with Gasteiger partial charge < -0.3 is 34.8 Å². The number of alkyl halides is 6. The Bertz CT molecular complexity index is 2850. The van der Waals surface area contributed by atoms with Crippen molar-refractivity contribution in [1.29, 1.82) is 10.5 Å². The van der Waals surface area contributed by atoms with Crippen LogP contribution in [0.3, 0.4) is 0 Å². The number of halogens is 6. The number of amides is 6. The van der Waals surface area contributed by atoms with E-state index in [1.807, 2.05) is 17.0 Å². The van der Waals surface area contributed by atoms with E-state index < -0.39 is 84.5 Å². The van der Waals surface area contributed by atoms with Gasteiger partial charge in [0.15, 0.2) is 0 Å². The van der Waals surface area contributed by atoms with Crippen molar-refractivity contribution in [3.63, 3.8) is 0 Å². The van der Waals surface area contributed by atoms with Crippen molar-refractivity contribution in [1.82, 2.24) is 25.3 Å². The van der Waals surface area contributed by atoms with Gasteiger partial charge >= 0.3 is 36.4 Å². The maximum atomic E-state index is 14.5. The smallest absolute Gasteiger partial charge is 0.416 e. The highest BCUT2D eigenvalue weighted by molar-refractivity contribution is 6.05. The lowest BCUT2D eigenvalue weighted by Crippen LogP contribution is -2.54. The van der Waals surface area contributed by atoms with E-state index >= 15 is 0 Å². The summed E-state index contributed by atoms with van der Waals surface area (Å²) in [5.74, 6) is -3.09. The molecule has 0 radical (unpaired) electrons. The molecule has 0 saturated heterocycles. The summed E-state index contributed by atoms with van der Waals surface area (Å²) in [4.78, 5) is 89.6. The minimum Gasteiger partial charge on any atom is -0.463 e. The molecule has 0 fully saturated rings. The average Bonchev–Trinajstić information content (AvgIpc) is 3.42. The fraction of sp³-hybridized carbons (Fsp3) is 0.345. The van der Waals surface area contributed by atoms with E-state index in [9.17, 15) is 65.6 Å². The van der Waals surface area contributed by atoms with Crippen LogP contribution >= 0.6 is 0 Å². The molecule has 4 aromatic rings. The number of nitrogens with one attached hydrogen (secondary N) is 2. The second kappa shape index (κ2) is 25.4. The van der Waals surface area contributed by atoms with Crippen molar-refractivity contribution in [2.75, 3.05) is 69.3 Å². The van der Waals surface area contributed by atoms with Gasteiger partial charge in [0, 0.05) is 24.5 Å². The van der Waals surface area contributed by atoms with E-state index in [2.05, 4.69) is 10.6 Å². The van der Waals surface area contributed by atoms with Crippen LogP contribution in [0, 0.1) is 22.7 Å². The van der Waals surface area contributed by atoms with Crippen LogP contribution in [0.1, 0.15) is 86.0 Å². The van der Waals surface area contributed by atoms with E-state index in [1.54, 1.807) is 20.9 Å². The summed E-state index contributed by atoms with van der Waals surface area (Å²) in [6.07, 6.45) is -8.77. The number of esters is 2. The Labute approximate surface area is 445 Å². The zero-order valence-corrected chi connectivity index (χ0v) is 43.1. The lowest BCUT2D eigenvalue weighted by Gasteiger charge is -2.42. The van der Waals surface area contributed by atoms with Crippen molar-refractivity contribution >= 4 is 47.2 Å². The summed E-state index contributed by atoms with van der Waals surface area (Å²) < 4.78 is 94.0. The third-order valence-electron chi connectivity index (χ3n) is 12.8. The summed E-state index contributed by atoms with van der Waals surface area (Å²) in [5, 5.41) is 24.4. The van der Waals surface area contributed by atoms with Crippen LogP contribution in [-0.4, -0.2) is 110 Å². The first-order valence-electron chi connectivity index (χ1n) is 24.6. The molecule has 2 atom stereocenters. The van der Waals surface area contributed by atoms with Crippen molar-refractivity contribution in [3.05, 3.63) is 153 Å². The maximum Gasteiger partial charge on any atom is 0.416 e. The Balaban J connectivity index is 1.11. The number of rotatable bonds is 20. The number of carbonyl (C=O) groups excluding carboxylic acids is 6. The molecule has 4 aromatic carbocycles. The van der Waals surface area contributed by atoms with Gasteiger partial charge in [-0.25, -0.2) is 19.2 Å². The van der Waals surface area contributed by atoms with Gasteiger partial charge in [0.1, 0.15) is 13.1 Å². The van der Waals surface area contributed by atoms with E-state index in [4.69, 9.17) is 9.47 Å². The first kappa shape index (κ1) is 58.6. The largest absolute Gasteiger partial charge is 0.463 e. The van der Waals surface area contributed by atoms with Gasteiger partial charge in [-0.15, -0.1) is 0 Å². The molecule has 6 amide bonds. The molecule has 2 unspecified atom stereocenters. The number of allylic oxidation sites excluding steroid dienone is 2. The molecule has 2 N–H and O–H groups in total. The van der Waals surface area contributed by atoms with Crippen molar-refractivity contribution in [2.45, 2.75) is 65.0 Å². The van der Waals surface area contributed by atoms with Crippen LogP contribution in [0.2, 0.25) is 0 Å². The van der Waals surface area contributed by atoms with Gasteiger partial charge in [-0.2, -0.15) is 36.9 Å². The van der Waals surface area contributed by atoms with Gasteiger partial charge in [-0.05, 0) is 132 Å². The Morgan fingerprint density at radius 1 is 0.603 bits per heavy atom. The standard InChI is InChI=1S/C55H55F6N9O8/c1-6-77-50(73)46-34(3)69(42-14-8-12-40(28-42)54(56,57)58)52(75)67(48(46)38-20-16-36(30-62)17-21-38)32-44(71)64-24-10-26-66(5)27-11-25-65-45(72)33-68-49(39-22-18-37(31-63)19-23-39)47(51(74)78-7-2)35(4)70(53(68)76)43-15-9-13-41(29-43)55(59,60)61/h8-9,12-23,28-29,48-49H,6-7,10-11,24-27,32-33H2,1-5H3,(H,64,71)(H,65,72). The zero-order chi connectivity index (χ0) is 57.1. The van der Waals surface area contributed by atoms with E-state index in [0.29, 0.717) is 37.1 Å². The quantitative estimate of drug-likeness (QED) is 0.0486. The molecule has 0 spiro atoms. The Morgan fingerprint density at radius 2 is 0.962 bits per heavy atom. The average molecular weight is 1080 g/mol. The van der Waals surface area contributed by atoms with Crippen LogP contribution in [0.15, 0.2) is 120 Å². The SMILES string of the molecule is CCOC(=O)C1=C(C)N(c2cccc(C(F)(F)F)c2)C(=O)N(CC(=O)NCCCN(C)CCCNC(=O)CN2C(=O)N(c3cccc(C(F)(F)F)c3)C(C)=C(C(=O)OCC)C2c2ccc(C#N)cc2)C1c1ccc(C#N)cc1. The highest BCUT2D eigenvalue weighted by Crippen LogP contribution is 2.43. The van der Waals surface area contributed by atoms with Crippen molar-refractivity contribution in [3.8, 4) is 12.1 Å². The zero-order valence-electron chi connectivity index (χ0n) is 43.1. The van der Waals surface area contributed by atoms with Crippen LogP contribution in [0.4, 0.5) is 47.3 Å². The van der Waals surface area contributed by atoms with Gasteiger partial charge in [-0.3, -0.25) is 19.4 Å². The van der Waals surface area contributed by atoms with E-state index in [-0.39, 0.29) is 71.3 Å². The predicted molar refractivity (Wildman–Crippen MR) is 271 cm³/mol. The Morgan fingerprint density at radius 3 is 1.28 bits per heavy atom. The van der Waals surface area contributed by atoms with Crippen LogP contribution < -0.4 is 20.4 Å². The minimum atomic E-state index is -4.77. The molecule has 78 heavy (non-hydrogen) atoms. The second-order valence-electron chi connectivity index (χ2n) is 18.0. The van der Waals surface area contributed by atoms with Gasteiger partial charge in [0.25, 0.3) is 0 Å². The summed E-state index contributed by atoms with van der Waals surface area (Å²) in [6, 6.07) is 19.4. The first-order chi connectivity index (χ1) is 37.0. The lowest BCUT2D eigenvalue weighted by molar-refractivity contribution is -0.140. The molecule has 2 heterocycles. The molecule has 0 aliphatic carbocycles. The summed E-state index contributed by atoms with van der Waals surface area (Å²) in [7, 11) is 1.79. The van der Waals surface area contributed by atoms with Crippen molar-refractivity contribution < 1.29 is 64.6 Å². The third-order valence-corrected chi connectivity index (χ3v) is 12.8. The molecule has 0 aromatic heterocycles. The van der Waals surface area contributed by atoms with Crippen LogP contribution in [-0.2, 0) is 41.0 Å². The fourth-order valence-electron chi connectivity index (χ4n) is 9.08. The maximum absolute atomic E-state index is 14.5. The number of urea groups is 2. The molecule has 2 aliphatic heterocycles. The molecule has 17 nitrogen and oxygen atoms in total. The van der Waals surface area contributed by atoms with Crippen LogP contribution in [0.5, 0.6) is 0 Å². The number of ether oxygens (including phenoxy) is 2. The normalized spacial score (nSPS) is 16.0. The van der Waals surface area contributed by atoms with E-state index in [1.165, 1.54) is 74.5 Å². The first-order valence-corrected chi connectivity index (χ1v) is 24.6. The molecule has 0 bridgehead atoms. The van der Waals surface area contributed by atoms with Gasteiger partial charge in [-0.1, -0.05) is 36.4 Å². The van der Waals surface area contributed by atoms with Crippen molar-refractivity contribution in [2.24, 2.45) is 0 Å². The monoisotopic (exact) mass is 1080 g/mol. The molecule has 6 rings (SSSR count).